The number of halogens is 2. The van der Waals surface area contributed by atoms with E-state index in [1.165, 1.54) is 43.2 Å². The fraction of sp³-hybridized carbons (Fsp3) is 0.148. The van der Waals surface area contributed by atoms with Gasteiger partial charge < -0.3 is 14.2 Å². The second kappa shape index (κ2) is 11.0. The van der Waals surface area contributed by atoms with Crippen LogP contribution in [0.2, 0.25) is 10.0 Å². The Balaban J connectivity index is 1.87. The van der Waals surface area contributed by atoms with Crippen molar-refractivity contribution in [1.82, 2.24) is 9.78 Å². The Morgan fingerprint density at radius 1 is 0.947 bits per heavy atom. The number of rotatable bonds is 7. The summed E-state index contributed by atoms with van der Waals surface area (Å²) in [5.74, 6) is 1.76. The first kappa shape index (κ1) is 26.8. The number of aromatic amines is 1. The number of nitrogens with zero attached hydrogens (tertiary/aromatic N) is 2. The average molecular weight is 556 g/mol. The summed E-state index contributed by atoms with van der Waals surface area (Å²) in [6, 6.07) is 14.1. The Morgan fingerprint density at radius 3 is 2.26 bits per heavy atom. The van der Waals surface area contributed by atoms with Crippen LogP contribution < -0.4 is 30.3 Å². The van der Waals surface area contributed by atoms with Crippen LogP contribution in [0.4, 0.5) is 5.69 Å². The highest BCUT2D eigenvalue weighted by Gasteiger charge is 2.16. The van der Waals surface area contributed by atoms with E-state index in [9.17, 15) is 14.9 Å². The molecule has 1 aromatic heterocycles. The van der Waals surface area contributed by atoms with E-state index in [4.69, 9.17) is 37.4 Å². The van der Waals surface area contributed by atoms with Crippen molar-refractivity contribution in [3.8, 4) is 28.7 Å². The molecule has 4 rings (SSSR count). The van der Waals surface area contributed by atoms with Gasteiger partial charge in [-0.05, 0) is 62.4 Å². The first-order valence-corrected chi connectivity index (χ1v) is 12.0. The van der Waals surface area contributed by atoms with E-state index in [-0.39, 0.29) is 21.5 Å². The number of hydrogen-bond acceptors (Lipinski definition) is 6. The van der Waals surface area contributed by atoms with Gasteiger partial charge in [0.05, 0.1) is 51.0 Å². The summed E-state index contributed by atoms with van der Waals surface area (Å²) in [5, 5.41) is 16.3. The largest absolute Gasteiger partial charge is 0.493 e. The lowest BCUT2D eigenvalue weighted by Crippen LogP contribution is -2.35. The Labute approximate surface area is 227 Å². The molecule has 9 nitrogen and oxygen atoms in total. The molecule has 38 heavy (non-hydrogen) atoms. The maximum Gasteiger partial charge on any atom is 0.279 e. The molecular formula is C27H23Cl2N3O6. The summed E-state index contributed by atoms with van der Waals surface area (Å²) in [7, 11) is 3.03. The van der Waals surface area contributed by atoms with Gasteiger partial charge in [0.2, 0.25) is 0 Å². The fourth-order valence-electron chi connectivity index (χ4n) is 3.82. The van der Waals surface area contributed by atoms with E-state index >= 15 is 0 Å². The predicted molar refractivity (Wildman–Crippen MR) is 147 cm³/mol. The van der Waals surface area contributed by atoms with E-state index in [2.05, 4.69) is 5.10 Å². The molecule has 3 aromatic carbocycles. The quantitative estimate of drug-likeness (QED) is 0.247. The first-order chi connectivity index (χ1) is 18.1. The topological polar surface area (TPSA) is 109 Å². The summed E-state index contributed by atoms with van der Waals surface area (Å²) >= 11 is 12.2. The number of nitro groups is 1. The summed E-state index contributed by atoms with van der Waals surface area (Å²) in [5.41, 5.74) is 0.846. The van der Waals surface area contributed by atoms with Gasteiger partial charge in [-0.2, -0.15) is 0 Å². The molecule has 0 amide bonds. The van der Waals surface area contributed by atoms with Crippen LogP contribution in [-0.2, 0) is 0 Å². The molecule has 1 heterocycles. The molecule has 0 aliphatic heterocycles. The SMILES string of the molecule is COc1ccc(Oc2ccc([N+](=O)[O-])c(C=c3c(=C(C)C)[nH]n(-c4ccc(Cl)c(Cl)c4)c3=O)c2)cc1OC. The fourth-order valence-corrected chi connectivity index (χ4v) is 4.11. The Bertz CT molecular complexity index is 1720. The molecule has 0 radical (unpaired) electrons. The second-order valence-electron chi connectivity index (χ2n) is 8.38. The van der Waals surface area contributed by atoms with E-state index in [0.717, 1.165) is 5.57 Å². The maximum atomic E-state index is 13.5. The number of ether oxygens (including phenoxy) is 3. The number of nitro benzene ring substituents is 1. The van der Waals surface area contributed by atoms with Crippen molar-refractivity contribution in [1.29, 1.82) is 0 Å². The van der Waals surface area contributed by atoms with Crippen LogP contribution in [0.5, 0.6) is 23.0 Å². The normalized spacial score (nSPS) is 11.4. The Hall–Kier alpha value is -4.21. The average Bonchev–Trinajstić information content (AvgIpc) is 3.21. The third-order valence-corrected chi connectivity index (χ3v) is 6.41. The second-order valence-corrected chi connectivity index (χ2v) is 9.19. The van der Waals surface area contributed by atoms with Crippen molar-refractivity contribution < 1.29 is 19.1 Å². The highest BCUT2D eigenvalue weighted by atomic mass is 35.5. The van der Waals surface area contributed by atoms with Crippen LogP contribution in [0.1, 0.15) is 19.4 Å². The van der Waals surface area contributed by atoms with Gasteiger partial charge in [-0.15, -0.1) is 0 Å². The summed E-state index contributed by atoms with van der Waals surface area (Å²) < 4.78 is 17.8. The molecule has 0 bridgehead atoms. The summed E-state index contributed by atoms with van der Waals surface area (Å²) in [4.78, 5) is 24.8. The minimum absolute atomic E-state index is 0.188. The van der Waals surface area contributed by atoms with Crippen molar-refractivity contribution in [3.63, 3.8) is 0 Å². The van der Waals surface area contributed by atoms with Crippen molar-refractivity contribution in [2.45, 2.75) is 13.8 Å². The van der Waals surface area contributed by atoms with Crippen molar-refractivity contribution in [3.05, 3.63) is 101 Å². The minimum atomic E-state index is -0.516. The van der Waals surface area contributed by atoms with E-state index in [1.807, 2.05) is 13.8 Å². The van der Waals surface area contributed by atoms with Crippen LogP contribution in [0.3, 0.4) is 0 Å². The van der Waals surface area contributed by atoms with Crippen LogP contribution in [-0.4, -0.2) is 28.9 Å². The van der Waals surface area contributed by atoms with Crippen LogP contribution in [0.25, 0.3) is 17.3 Å². The number of benzene rings is 3. The monoisotopic (exact) mass is 555 g/mol. The highest BCUT2D eigenvalue weighted by molar-refractivity contribution is 6.42. The molecule has 0 aliphatic carbocycles. The van der Waals surface area contributed by atoms with Crippen molar-refractivity contribution >= 4 is 40.5 Å². The van der Waals surface area contributed by atoms with E-state index in [0.29, 0.717) is 39.1 Å². The van der Waals surface area contributed by atoms with Crippen molar-refractivity contribution in [2.75, 3.05) is 14.2 Å². The molecule has 0 saturated carbocycles. The number of nitrogens with one attached hydrogen (secondary N) is 1. The lowest BCUT2D eigenvalue weighted by Gasteiger charge is -2.11. The predicted octanol–water partition coefficient (Wildman–Crippen LogP) is 5.21. The number of aromatic nitrogens is 2. The number of hydrogen-bond donors (Lipinski definition) is 1. The third kappa shape index (κ3) is 5.39. The summed E-state index contributed by atoms with van der Waals surface area (Å²) in [6.07, 6.45) is 1.47. The zero-order valence-electron chi connectivity index (χ0n) is 20.9. The molecule has 4 aromatic rings. The lowest BCUT2D eigenvalue weighted by molar-refractivity contribution is -0.385. The molecule has 0 unspecified atom stereocenters. The molecule has 0 atom stereocenters. The van der Waals surface area contributed by atoms with Gasteiger partial charge in [0.25, 0.3) is 11.2 Å². The molecule has 0 aliphatic rings. The maximum absolute atomic E-state index is 13.5. The highest BCUT2D eigenvalue weighted by Crippen LogP contribution is 2.34. The smallest absolute Gasteiger partial charge is 0.279 e. The number of H-pyrrole nitrogens is 1. The molecule has 0 fully saturated rings. The third-order valence-electron chi connectivity index (χ3n) is 5.67. The lowest BCUT2D eigenvalue weighted by atomic mass is 10.1. The van der Waals surface area contributed by atoms with Crippen molar-refractivity contribution in [2.24, 2.45) is 0 Å². The van der Waals surface area contributed by atoms with Gasteiger partial charge in [0.1, 0.15) is 11.5 Å². The zero-order valence-corrected chi connectivity index (χ0v) is 22.4. The van der Waals surface area contributed by atoms with Gasteiger partial charge >= 0.3 is 0 Å². The Kier molecular flexibility index (Phi) is 7.80. The van der Waals surface area contributed by atoms with Crippen LogP contribution in [0.15, 0.2) is 59.4 Å². The zero-order chi connectivity index (χ0) is 27.6. The van der Waals surface area contributed by atoms with Gasteiger partial charge in [-0.1, -0.05) is 28.8 Å². The van der Waals surface area contributed by atoms with E-state index < -0.39 is 10.5 Å². The molecule has 0 saturated heterocycles. The molecular weight excluding hydrogens is 533 g/mol. The van der Waals surface area contributed by atoms with Crippen LogP contribution in [0, 0.1) is 10.1 Å². The standard InChI is InChI=1S/C27H23Cl2N3O6/c1-15(2)26-20(27(33)31(30-26)17-5-8-21(28)22(29)13-17)12-16-11-18(6-9-23(16)32(34)35)38-19-7-10-24(36-3)25(14-19)37-4/h5-14,30H,1-4H3. The number of methoxy groups -OCH3 is 2. The van der Waals surface area contributed by atoms with E-state index in [1.54, 1.807) is 36.4 Å². The van der Waals surface area contributed by atoms with Gasteiger partial charge in [0.15, 0.2) is 11.5 Å². The first-order valence-electron chi connectivity index (χ1n) is 11.3. The Morgan fingerprint density at radius 2 is 1.63 bits per heavy atom. The molecule has 11 heteroatoms. The van der Waals surface area contributed by atoms with Gasteiger partial charge in [0, 0.05) is 12.1 Å². The molecule has 196 valence electrons. The molecule has 0 spiro atoms. The minimum Gasteiger partial charge on any atom is -0.493 e. The summed E-state index contributed by atoms with van der Waals surface area (Å²) in [6.45, 7) is 3.65. The molecule has 1 N–H and O–H groups in total. The van der Waals surface area contributed by atoms with Crippen LogP contribution >= 0.6 is 23.2 Å². The van der Waals surface area contributed by atoms with Gasteiger partial charge in [-0.25, -0.2) is 4.68 Å². The van der Waals surface area contributed by atoms with Gasteiger partial charge in [-0.3, -0.25) is 20.0 Å².